The number of hydrogen-bond acceptors (Lipinski definition) is 6. The number of fused-ring (bicyclic) bond motifs is 1. The van der Waals surface area contributed by atoms with Gasteiger partial charge in [-0.15, -0.1) is 0 Å². The summed E-state index contributed by atoms with van der Waals surface area (Å²) in [6.45, 7) is 2.01. The van der Waals surface area contributed by atoms with E-state index in [2.05, 4.69) is 16.2 Å². The van der Waals surface area contributed by atoms with Crippen molar-refractivity contribution in [1.82, 2.24) is 16.2 Å². The average molecular weight is 382 g/mol. The van der Waals surface area contributed by atoms with Crippen molar-refractivity contribution >= 4 is 11.7 Å². The van der Waals surface area contributed by atoms with E-state index in [1.54, 1.807) is 12.1 Å². The highest BCUT2D eigenvalue weighted by Gasteiger charge is 2.49. The lowest BCUT2D eigenvalue weighted by Crippen LogP contribution is -2.53. The summed E-state index contributed by atoms with van der Waals surface area (Å²) in [4.78, 5) is 22.8. The van der Waals surface area contributed by atoms with Gasteiger partial charge >= 0.3 is 5.97 Å². The quantitative estimate of drug-likeness (QED) is 0.474. The molecule has 0 amide bonds. The zero-order valence-electron chi connectivity index (χ0n) is 15.3. The smallest absolute Gasteiger partial charge is 0.307 e. The fraction of sp³-hybridized carbons (Fsp3) is 0.350. The van der Waals surface area contributed by atoms with Crippen LogP contribution in [0.5, 0.6) is 0 Å². The van der Waals surface area contributed by atoms with E-state index in [4.69, 9.17) is 0 Å². The molecule has 8 nitrogen and oxygen atoms in total. The first-order chi connectivity index (χ1) is 13.4. The maximum atomic E-state index is 12.1. The summed E-state index contributed by atoms with van der Waals surface area (Å²) in [6, 6.07) is 14.0. The highest BCUT2D eigenvalue weighted by atomic mass is 16.6. The summed E-state index contributed by atoms with van der Waals surface area (Å²) < 4.78 is 0. The van der Waals surface area contributed by atoms with Gasteiger partial charge in [0, 0.05) is 24.1 Å². The third kappa shape index (κ3) is 3.37. The van der Waals surface area contributed by atoms with Gasteiger partial charge in [0.2, 0.25) is 0 Å². The summed E-state index contributed by atoms with van der Waals surface area (Å²) in [5, 5.41) is 24.5. The Balaban J connectivity index is 1.63. The molecule has 8 heteroatoms. The zero-order valence-corrected chi connectivity index (χ0v) is 15.3. The van der Waals surface area contributed by atoms with Crippen molar-refractivity contribution < 1.29 is 14.8 Å². The molecule has 2 aromatic carbocycles. The van der Waals surface area contributed by atoms with E-state index in [9.17, 15) is 20.0 Å². The number of nitro groups is 1. The lowest BCUT2D eigenvalue weighted by Gasteiger charge is -2.39. The zero-order chi connectivity index (χ0) is 19.8. The van der Waals surface area contributed by atoms with E-state index < -0.39 is 16.8 Å². The number of aryl methyl sites for hydroxylation is 1. The van der Waals surface area contributed by atoms with E-state index in [0.29, 0.717) is 12.0 Å². The largest absolute Gasteiger partial charge is 0.481 e. The predicted molar refractivity (Wildman–Crippen MR) is 102 cm³/mol. The van der Waals surface area contributed by atoms with Crippen LogP contribution in [0, 0.1) is 28.9 Å². The maximum Gasteiger partial charge on any atom is 0.307 e. The van der Waals surface area contributed by atoms with Crippen LogP contribution in [0.1, 0.15) is 35.2 Å². The van der Waals surface area contributed by atoms with Crippen LogP contribution in [0.4, 0.5) is 5.69 Å². The Morgan fingerprint density at radius 1 is 1.14 bits per heavy atom. The molecule has 28 heavy (non-hydrogen) atoms. The molecule has 5 unspecified atom stereocenters. The minimum absolute atomic E-state index is 0.00377. The standard InChI is InChI=1S/C20H22N4O4/c1-11-5-7-12(8-6-11)16-10-15(20(25)26)17-18(22-23-19(17)21-16)13-3-2-4-14(9-13)24(27)28/h2-9,15-19,21-23H,10H2,1H3,(H,25,26). The van der Waals surface area contributed by atoms with E-state index in [-0.39, 0.29) is 29.9 Å². The molecule has 2 aliphatic heterocycles. The van der Waals surface area contributed by atoms with E-state index in [1.807, 2.05) is 31.2 Å². The van der Waals surface area contributed by atoms with Crippen LogP contribution >= 0.6 is 0 Å². The van der Waals surface area contributed by atoms with Crippen LogP contribution in [-0.2, 0) is 4.79 Å². The first-order valence-corrected chi connectivity index (χ1v) is 9.25. The van der Waals surface area contributed by atoms with E-state index >= 15 is 0 Å². The van der Waals surface area contributed by atoms with Gasteiger partial charge in [0.05, 0.1) is 23.0 Å². The number of non-ortho nitro benzene ring substituents is 1. The Kier molecular flexibility index (Phi) is 4.84. The molecule has 2 aliphatic rings. The highest BCUT2D eigenvalue weighted by Crippen LogP contribution is 2.42. The number of nitro benzene ring substituents is 1. The van der Waals surface area contributed by atoms with Crippen LogP contribution in [0.15, 0.2) is 48.5 Å². The molecule has 2 heterocycles. The molecular formula is C20H22N4O4. The summed E-state index contributed by atoms with van der Waals surface area (Å²) >= 11 is 0. The number of benzene rings is 2. The number of nitrogens with one attached hydrogen (secondary N) is 3. The number of carboxylic acids is 1. The molecule has 0 saturated carbocycles. The number of nitrogens with zero attached hydrogens (tertiary/aromatic N) is 1. The molecule has 2 aromatic rings. The molecule has 2 fully saturated rings. The summed E-state index contributed by atoms with van der Waals surface area (Å²) in [5.74, 6) is -1.72. The third-order valence-electron chi connectivity index (χ3n) is 5.74. The van der Waals surface area contributed by atoms with Gasteiger partial charge in [-0.25, -0.2) is 10.9 Å². The Morgan fingerprint density at radius 2 is 1.89 bits per heavy atom. The molecule has 2 saturated heterocycles. The summed E-state index contributed by atoms with van der Waals surface area (Å²) in [6.07, 6.45) is 0.194. The van der Waals surface area contributed by atoms with E-state index in [1.165, 1.54) is 12.1 Å². The number of piperidine rings is 1. The number of carboxylic acid groups (broad SMARTS) is 1. The van der Waals surface area contributed by atoms with Gasteiger partial charge in [0.1, 0.15) is 0 Å². The Bertz CT molecular complexity index is 901. The predicted octanol–water partition coefficient (Wildman–Crippen LogP) is 2.43. The van der Waals surface area contributed by atoms with Crippen molar-refractivity contribution in [2.75, 3.05) is 0 Å². The average Bonchev–Trinajstić information content (AvgIpc) is 3.11. The van der Waals surface area contributed by atoms with Crippen LogP contribution < -0.4 is 16.2 Å². The Labute approximate surface area is 162 Å². The van der Waals surface area contributed by atoms with Crippen LogP contribution in [0.2, 0.25) is 0 Å². The van der Waals surface area contributed by atoms with Crippen molar-refractivity contribution in [2.24, 2.45) is 11.8 Å². The molecule has 146 valence electrons. The lowest BCUT2D eigenvalue weighted by molar-refractivity contribution is -0.384. The first-order valence-electron chi connectivity index (χ1n) is 9.25. The van der Waals surface area contributed by atoms with Gasteiger partial charge in [0.25, 0.3) is 5.69 Å². The van der Waals surface area contributed by atoms with Crippen molar-refractivity contribution in [3.63, 3.8) is 0 Å². The molecule has 0 bridgehead atoms. The second kappa shape index (κ2) is 7.31. The molecule has 0 radical (unpaired) electrons. The number of aliphatic carboxylic acids is 1. The number of carbonyl (C=O) groups is 1. The second-order valence-electron chi connectivity index (χ2n) is 7.48. The van der Waals surface area contributed by atoms with Crippen LogP contribution in [0.3, 0.4) is 0 Å². The van der Waals surface area contributed by atoms with Gasteiger partial charge < -0.3 is 5.11 Å². The first kappa shape index (κ1) is 18.5. The Morgan fingerprint density at radius 3 is 2.57 bits per heavy atom. The molecule has 0 spiro atoms. The number of hydrogen-bond donors (Lipinski definition) is 4. The molecule has 0 aliphatic carbocycles. The molecule has 0 aromatic heterocycles. The summed E-state index contributed by atoms with van der Waals surface area (Å²) in [5.41, 5.74) is 9.21. The van der Waals surface area contributed by atoms with E-state index in [0.717, 1.165) is 11.1 Å². The lowest BCUT2D eigenvalue weighted by atomic mass is 9.75. The van der Waals surface area contributed by atoms with Crippen molar-refractivity contribution in [3.8, 4) is 0 Å². The SMILES string of the molecule is Cc1ccc(C2CC(C(=O)O)C3C(NNC3c3cccc([N+](=O)[O-])c3)N2)cc1. The van der Waals surface area contributed by atoms with Gasteiger partial charge in [-0.3, -0.25) is 20.2 Å². The molecule has 5 atom stereocenters. The Hall–Kier alpha value is -2.81. The van der Waals surface area contributed by atoms with Crippen LogP contribution in [0.25, 0.3) is 0 Å². The second-order valence-corrected chi connectivity index (χ2v) is 7.48. The topological polar surface area (TPSA) is 117 Å². The van der Waals surface area contributed by atoms with Gasteiger partial charge in [-0.05, 0) is 24.5 Å². The number of hydrazine groups is 1. The fourth-order valence-corrected chi connectivity index (χ4v) is 4.31. The number of rotatable bonds is 4. The third-order valence-corrected chi connectivity index (χ3v) is 5.74. The molecule has 4 N–H and O–H groups in total. The molecule has 4 rings (SSSR count). The van der Waals surface area contributed by atoms with Gasteiger partial charge in [-0.1, -0.05) is 42.0 Å². The van der Waals surface area contributed by atoms with Crippen molar-refractivity contribution in [3.05, 3.63) is 75.3 Å². The summed E-state index contributed by atoms with van der Waals surface area (Å²) in [7, 11) is 0. The maximum absolute atomic E-state index is 12.1. The van der Waals surface area contributed by atoms with Gasteiger partial charge in [-0.2, -0.15) is 0 Å². The normalized spacial score (nSPS) is 29.2. The fourth-order valence-electron chi connectivity index (χ4n) is 4.31. The minimum Gasteiger partial charge on any atom is -0.481 e. The molecular weight excluding hydrogens is 360 g/mol. The minimum atomic E-state index is -0.852. The van der Waals surface area contributed by atoms with Crippen molar-refractivity contribution in [1.29, 1.82) is 0 Å². The van der Waals surface area contributed by atoms with Crippen molar-refractivity contribution in [2.45, 2.75) is 31.6 Å². The highest BCUT2D eigenvalue weighted by molar-refractivity contribution is 5.71. The monoisotopic (exact) mass is 382 g/mol. The van der Waals surface area contributed by atoms with Gasteiger partial charge in [0.15, 0.2) is 0 Å². The van der Waals surface area contributed by atoms with Crippen LogP contribution in [-0.4, -0.2) is 22.2 Å².